The van der Waals surface area contributed by atoms with Crippen LogP contribution in [0.3, 0.4) is 0 Å². The van der Waals surface area contributed by atoms with Crippen molar-refractivity contribution in [2.45, 2.75) is 20.4 Å². The number of hydrogen-bond donors (Lipinski definition) is 0. The normalized spacial score (nSPS) is 11.0. The molecular weight excluding hydrogens is 322 g/mol. The van der Waals surface area contributed by atoms with Gasteiger partial charge in [0.1, 0.15) is 4.83 Å². The second kappa shape index (κ2) is 6.20. The van der Waals surface area contributed by atoms with E-state index in [0.29, 0.717) is 27.2 Å². The number of amides is 1. The van der Waals surface area contributed by atoms with Crippen molar-refractivity contribution in [3.8, 4) is 0 Å². The highest BCUT2D eigenvalue weighted by atomic mass is 32.1. The van der Waals surface area contributed by atoms with E-state index in [1.165, 1.54) is 22.2 Å². The molecule has 0 saturated carbocycles. The summed E-state index contributed by atoms with van der Waals surface area (Å²) in [6.45, 7) is 4.38. The summed E-state index contributed by atoms with van der Waals surface area (Å²) in [5, 5.41) is 0.539. The predicted octanol–water partition coefficient (Wildman–Crippen LogP) is 2.88. The van der Waals surface area contributed by atoms with Gasteiger partial charge in [0, 0.05) is 20.6 Å². The second-order valence-electron chi connectivity index (χ2n) is 5.98. The summed E-state index contributed by atoms with van der Waals surface area (Å²) in [5.74, 6) is -0.0826. The number of benzene rings is 1. The lowest BCUT2D eigenvalue weighted by Gasteiger charge is -2.18. The van der Waals surface area contributed by atoms with Crippen LogP contribution in [-0.2, 0) is 13.6 Å². The first-order chi connectivity index (χ1) is 11.4. The van der Waals surface area contributed by atoms with Gasteiger partial charge in [0.2, 0.25) is 0 Å². The Hall–Kier alpha value is -2.47. The summed E-state index contributed by atoms with van der Waals surface area (Å²) >= 11 is 1.28. The first-order valence-electron chi connectivity index (χ1n) is 7.65. The summed E-state index contributed by atoms with van der Waals surface area (Å²) in [7, 11) is 3.45. The smallest absolute Gasteiger partial charge is 0.264 e. The molecule has 0 N–H and O–H groups in total. The number of nitrogens with zero attached hydrogens (tertiary/aromatic N) is 3. The fourth-order valence-corrected chi connectivity index (χ4v) is 3.83. The van der Waals surface area contributed by atoms with E-state index in [9.17, 15) is 9.59 Å². The molecule has 0 saturated heterocycles. The zero-order valence-corrected chi connectivity index (χ0v) is 15.0. The summed E-state index contributed by atoms with van der Waals surface area (Å²) in [6.07, 6.45) is 1.49. The van der Waals surface area contributed by atoms with Gasteiger partial charge in [0.25, 0.3) is 11.5 Å². The maximum absolute atomic E-state index is 12.8. The van der Waals surface area contributed by atoms with Gasteiger partial charge in [-0.15, -0.1) is 11.3 Å². The minimum absolute atomic E-state index is 0.0826. The lowest BCUT2D eigenvalue weighted by molar-refractivity contribution is 0.0789. The number of thiophene rings is 1. The minimum Gasteiger partial charge on any atom is -0.337 e. The molecule has 2 aromatic heterocycles. The molecular formula is C18H19N3O2S. The fraction of sp³-hybridized carbons (Fsp3) is 0.278. The molecule has 0 fully saturated rings. The topological polar surface area (TPSA) is 55.2 Å². The lowest BCUT2D eigenvalue weighted by atomic mass is 10.1. The number of rotatable bonds is 3. The molecule has 3 rings (SSSR count). The van der Waals surface area contributed by atoms with Gasteiger partial charge >= 0.3 is 0 Å². The summed E-state index contributed by atoms with van der Waals surface area (Å²) in [4.78, 5) is 32.3. The number of carbonyl (C=O) groups is 1. The molecule has 24 heavy (non-hydrogen) atoms. The Morgan fingerprint density at radius 3 is 2.71 bits per heavy atom. The molecule has 0 aliphatic rings. The Balaban J connectivity index is 1.97. The lowest BCUT2D eigenvalue weighted by Crippen LogP contribution is -2.26. The standard InChI is InChI=1S/C18H19N3O2S/c1-11-7-5-6-8-13(11)9-20(3)18(23)15-12(2)14-16(24-15)19-10-21(4)17(14)22/h5-8,10H,9H2,1-4H3. The second-order valence-corrected chi connectivity index (χ2v) is 6.98. The van der Waals surface area contributed by atoms with Crippen molar-refractivity contribution in [3.63, 3.8) is 0 Å². The maximum Gasteiger partial charge on any atom is 0.264 e. The van der Waals surface area contributed by atoms with Crippen LogP contribution < -0.4 is 5.56 Å². The third kappa shape index (κ3) is 2.73. The monoisotopic (exact) mass is 341 g/mol. The van der Waals surface area contributed by atoms with Gasteiger partial charge in [-0.1, -0.05) is 24.3 Å². The Labute approximate surface area is 144 Å². The van der Waals surface area contributed by atoms with Crippen LogP contribution in [0.25, 0.3) is 10.2 Å². The van der Waals surface area contributed by atoms with E-state index in [2.05, 4.69) is 4.98 Å². The highest BCUT2D eigenvalue weighted by Crippen LogP contribution is 2.28. The highest BCUT2D eigenvalue weighted by molar-refractivity contribution is 7.20. The van der Waals surface area contributed by atoms with Gasteiger partial charge in [0.05, 0.1) is 16.6 Å². The van der Waals surface area contributed by atoms with E-state index < -0.39 is 0 Å². The van der Waals surface area contributed by atoms with Crippen LogP contribution in [0, 0.1) is 13.8 Å². The zero-order chi connectivity index (χ0) is 17.4. The number of fused-ring (bicyclic) bond motifs is 1. The highest BCUT2D eigenvalue weighted by Gasteiger charge is 2.22. The summed E-state index contributed by atoms with van der Waals surface area (Å²) in [6, 6.07) is 8.01. The predicted molar refractivity (Wildman–Crippen MR) is 96.6 cm³/mol. The molecule has 2 heterocycles. The molecule has 0 aliphatic carbocycles. The number of hydrogen-bond acceptors (Lipinski definition) is 4. The van der Waals surface area contributed by atoms with E-state index in [1.807, 2.05) is 38.1 Å². The number of carbonyl (C=O) groups excluding carboxylic acids is 1. The molecule has 6 heteroatoms. The molecule has 0 atom stereocenters. The molecule has 124 valence electrons. The van der Waals surface area contributed by atoms with Gasteiger partial charge in [-0.3, -0.25) is 9.59 Å². The molecule has 0 spiro atoms. The zero-order valence-electron chi connectivity index (χ0n) is 14.2. The van der Waals surface area contributed by atoms with E-state index in [1.54, 1.807) is 19.0 Å². The third-order valence-electron chi connectivity index (χ3n) is 4.22. The van der Waals surface area contributed by atoms with Crippen LogP contribution in [0.1, 0.15) is 26.4 Å². The molecule has 3 aromatic rings. The minimum atomic E-state index is -0.116. The van der Waals surface area contributed by atoms with Gasteiger partial charge in [-0.25, -0.2) is 4.98 Å². The Bertz CT molecular complexity index is 988. The van der Waals surface area contributed by atoms with E-state index >= 15 is 0 Å². The molecule has 0 radical (unpaired) electrons. The summed E-state index contributed by atoms with van der Waals surface area (Å²) in [5.41, 5.74) is 2.86. The van der Waals surface area contributed by atoms with Crippen LogP contribution >= 0.6 is 11.3 Å². The van der Waals surface area contributed by atoms with Crippen molar-refractivity contribution in [3.05, 3.63) is 62.5 Å². The van der Waals surface area contributed by atoms with E-state index in [4.69, 9.17) is 0 Å². The summed E-state index contributed by atoms with van der Waals surface area (Å²) < 4.78 is 1.44. The average Bonchev–Trinajstić information content (AvgIpc) is 2.90. The van der Waals surface area contributed by atoms with Gasteiger partial charge < -0.3 is 9.47 Å². The molecule has 0 aliphatic heterocycles. The van der Waals surface area contributed by atoms with Crippen LogP contribution in [-0.4, -0.2) is 27.4 Å². The number of aryl methyl sites for hydroxylation is 3. The maximum atomic E-state index is 12.8. The van der Waals surface area contributed by atoms with Crippen LogP contribution in [0.2, 0.25) is 0 Å². The van der Waals surface area contributed by atoms with Crippen molar-refractivity contribution in [1.82, 2.24) is 14.5 Å². The van der Waals surface area contributed by atoms with Crippen molar-refractivity contribution in [1.29, 1.82) is 0 Å². The molecule has 1 aromatic carbocycles. The average molecular weight is 341 g/mol. The Morgan fingerprint density at radius 1 is 1.29 bits per heavy atom. The van der Waals surface area contributed by atoms with Gasteiger partial charge in [0.15, 0.2) is 0 Å². The van der Waals surface area contributed by atoms with Crippen LogP contribution in [0.5, 0.6) is 0 Å². The first kappa shape index (κ1) is 16.4. The SMILES string of the molecule is Cc1ccccc1CN(C)C(=O)c1sc2ncn(C)c(=O)c2c1C. The van der Waals surface area contributed by atoms with Crippen molar-refractivity contribution < 1.29 is 4.79 Å². The quantitative estimate of drug-likeness (QED) is 0.736. The van der Waals surface area contributed by atoms with Crippen molar-refractivity contribution in [2.75, 3.05) is 7.05 Å². The largest absolute Gasteiger partial charge is 0.337 e. The van der Waals surface area contributed by atoms with E-state index in [0.717, 1.165) is 11.1 Å². The Morgan fingerprint density at radius 2 is 2.00 bits per heavy atom. The molecule has 5 nitrogen and oxygen atoms in total. The van der Waals surface area contributed by atoms with Crippen LogP contribution in [0.4, 0.5) is 0 Å². The third-order valence-corrected chi connectivity index (χ3v) is 5.41. The van der Waals surface area contributed by atoms with Gasteiger partial charge in [-0.05, 0) is 30.5 Å². The van der Waals surface area contributed by atoms with Crippen molar-refractivity contribution >= 4 is 27.5 Å². The molecule has 0 unspecified atom stereocenters. The van der Waals surface area contributed by atoms with Gasteiger partial charge in [-0.2, -0.15) is 0 Å². The number of aromatic nitrogens is 2. The molecule has 1 amide bonds. The van der Waals surface area contributed by atoms with E-state index in [-0.39, 0.29) is 11.5 Å². The van der Waals surface area contributed by atoms with Crippen molar-refractivity contribution in [2.24, 2.45) is 7.05 Å². The van der Waals surface area contributed by atoms with Crippen LogP contribution in [0.15, 0.2) is 35.4 Å². The fourth-order valence-electron chi connectivity index (χ4n) is 2.70. The first-order valence-corrected chi connectivity index (χ1v) is 8.46. The molecule has 0 bridgehead atoms. The Kier molecular flexibility index (Phi) is 4.24.